The third-order valence-electron chi connectivity index (χ3n) is 3.73. The first-order chi connectivity index (χ1) is 13.8. The Bertz CT molecular complexity index is 870. The zero-order chi connectivity index (χ0) is 20.9. The summed E-state index contributed by atoms with van der Waals surface area (Å²) in [6.07, 6.45) is -3.66. The molecule has 154 valence electrons. The normalized spacial score (nSPS) is 16.0. The first-order valence-corrected chi connectivity index (χ1v) is 8.45. The number of pyridine rings is 1. The Morgan fingerprint density at radius 1 is 1.21 bits per heavy atom. The molecule has 1 amide bonds. The summed E-state index contributed by atoms with van der Waals surface area (Å²) < 4.78 is 46.0. The Hall–Kier alpha value is -3.34. The maximum absolute atomic E-state index is 12.2. The maximum atomic E-state index is 12.2. The van der Waals surface area contributed by atoms with Gasteiger partial charge in [-0.25, -0.2) is 4.98 Å². The first kappa shape index (κ1) is 20.4. The minimum atomic E-state index is -4.75. The van der Waals surface area contributed by atoms with Crippen LogP contribution in [-0.4, -0.2) is 41.4 Å². The number of hydrogen-bond donors (Lipinski definition) is 2. The molecule has 0 bridgehead atoms. The van der Waals surface area contributed by atoms with E-state index in [4.69, 9.17) is 14.7 Å². The van der Waals surface area contributed by atoms with E-state index >= 15 is 0 Å². The third-order valence-corrected chi connectivity index (χ3v) is 3.73. The Labute approximate surface area is 162 Å². The molecule has 1 aromatic heterocycles. The van der Waals surface area contributed by atoms with Crippen LogP contribution >= 0.6 is 0 Å². The third kappa shape index (κ3) is 5.82. The molecular weight excluding hydrogens is 395 g/mol. The standard InChI is InChI=1S/C18H16F3N3O5/c19-18(20,21)28-12-3-1-11(2-4-12)15-9-16(24-29-15)27-13-5-6-14(23-10-13)17(26)22-7-8-25/h1-6,10,15,25H,7-9H2,(H,22,26). The highest BCUT2D eigenvalue weighted by molar-refractivity contribution is 5.92. The van der Waals surface area contributed by atoms with Crippen LogP contribution in [-0.2, 0) is 4.84 Å². The average Bonchev–Trinajstić information content (AvgIpc) is 3.14. The van der Waals surface area contributed by atoms with Crippen LogP contribution < -0.4 is 14.8 Å². The van der Waals surface area contributed by atoms with Gasteiger partial charge in [-0.3, -0.25) is 4.79 Å². The first-order valence-electron chi connectivity index (χ1n) is 8.45. The van der Waals surface area contributed by atoms with Crippen LogP contribution in [0.4, 0.5) is 13.2 Å². The van der Waals surface area contributed by atoms with Gasteiger partial charge >= 0.3 is 6.36 Å². The van der Waals surface area contributed by atoms with Crippen molar-refractivity contribution >= 4 is 11.8 Å². The van der Waals surface area contributed by atoms with Gasteiger partial charge in [0.05, 0.1) is 19.2 Å². The van der Waals surface area contributed by atoms with Gasteiger partial charge in [-0.1, -0.05) is 17.3 Å². The number of benzene rings is 1. The fraction of sp³-hybridized carbons (Fsp3) is 0.278. The van der Waals surface area contributed by atoms with E-state index in [2.05, 4.69) is 20.2 Å². The van der Waals surface area contributed by atoms with Crippen LogP contribution in [0.15, 0.2) is 47.8 Å². The van der Waals surface area contributed by atoms with Gasteiger partial charge < -0.3 is 24.7 Å². The summed E-state index contributed by atoms with van der Waals surface area (Å²) in [5.41, 5.74) is 0.769. The number of rotatable bonds is 6. The summed E-state index contributed by atoms with van der Waals surface area (Å²) >= 11 is 0. The molecule has 11 heteroatoms. The molecule has 3 rings (SSSR count). The zero-order valence-corrected chi connectivity index (χ0v) is 14.8. The van der Waals surface area contributed by atoms with Crippen molar-refractivity contribution < 1.29 is 37.4 Å². The highest BCUT2D eigenvalue weighted by Gasteiger charge is 2.31. The van der Waals surface area contributed by atoms with E-state index in [9.17, 15) is 18.0 Å². The summed E-state index contributed by atoms with van der Waals surface area (Å²) in [7, 11) is 0. The smallest absolute Gasteiger partial charge is 0.438 e. The lowest BCUT2D eigenvalue weighted by Gasteiger charge is -2.11. The number of halogens is 3. The number of carbonyl (C=O) groups excluding carboxylic acids is 1. The Balaban J connectivity index is 1.54. The second-order valence-electron chi connectivity index (χ2n) is 5.86. The number of carbonyl (C=O) groups is 1. The second-order valence-corrected chi connectivity index (χ2v) is 5.86. The van der Waals surface area contributed by atoms with Crippen LogP contribution in [0.1, 0.15) is 28.6 Å². The Kier molecular flexibility index (Phi) is 6.17. The van der Waals surface area contributed by atoms with Crippen molar-refractivity contribution in [2.45, 2.75) is 18.9 Å². The lowest BCUT2D eigenvalue weighted by molar-refractivity contribution is -0.274. The molecule has 1 unspecified atom stereocenters. The van der Waals surface area contributed by atoms with Crippen molar-refractivity contribution in [3.05, 3.63) is 53.9 Å². The van der Waals surface area contributed by atoms with Crippen molar-refractivity contribution in [3.63, 3.8) is 0 Å². The zero-order valence-electron chi connectivity index (χ0n) is 14.8. The van der Waals surface area contributed by atoms with E-state index < -0.39 is 18.4 Å². The van der Waals surface area contributed by atoms with E-state index in [1.54, 1.807) is 0 Å². The summed E-state index contributed by atoms with van der Waals surface area (Å²) in [5, 5.41) is 15.0. The van der Waals surface area contributed by atoms with Crippen molar-refractivity contribution in [2.75, 3.05) is 13.2 Å². The molecular formula is C18H16F3N3O5. The van der Waals surface area contributed by atoms with Gasteiger partial charge in [0.25, 0.3) is 5.91 Å². The number of alkyl halides is 3. The van der Waals surface area contributed by atoms with Gasteiger partial charge in [0.2, 0.25) is 5.90 Å². The molecule has 1 aliphatic heterocycles. The number of oxime groups is 1. The predicted octanol–water partition coefficient (Wildman–Crippen LogP) is 2.56. The van der Waals surface area contributed by atoms with Crippen LogP contribution in [0.3, 0.4) is 0 Å². The molecule has 0 saturated carbocycles. The van der Waals surface area contributed by atoms with Crippen LogP contribution in [0.2, 0.25) is 0 Å². The highest BCUT2D eigenvalue weighted by atomic mass is 19.4. The van der Waals surface area contributed by atoms with E-state index in [0.29, 0.717) is 11.3 Å². The largest absolute Gasteiger partial charge is 0.573 e. The second kappa shape index (κ2) is 8.78. The topological polar surface area (TPSA) is 102 Å². The summed E-state index contributed by atoms with van der Waals surface area (Å²) in [5.74, 6) is -0.165. The number of nitrogens with one attached hydrogen (secondary N) is 1. The minimum Gasteiger partial charge on any atom is -0.438 e. The van der Waals surface area contributed by atoms with Gasteiger partial charge in [0, 0.05) is 6.54 Å². The van der Waals surface area contributed by atoms with E-state index in [1.165, 1.54) is 42.6 Å². The monoisotopic (exact) mass is 411 g/mol. The molecule has 1 aromatic carbocycles. The van der Waals surface area contributed by atoms with Crippen molar-refractivity contribution in [2.24, 2.45) is 5.16 Å². The van der Waals surface area contributed by atoms with Crippen LogP contribution in [0, 0.1) is 0 Å². The highest BCUT2D eigenvalue weighted by Crippen LogP contribution is 2.30. The number of ether oxygens (including phenoxy) is 2. The SMILES string of the molecule is O=C(NCCO)c1ccc(OC2=NOC(c3ccc(OC(F)(F)F)cc3)C2)cn1. The molecule has 29 heavy (non-hydrogen) atoms. The summed E-state index contributed by atoms with van der Waals surface area (Å²) in [4.78, 5) is 21.0. The maximum Gasteiger partial charge on any atom is 0.573 e. The van der Waals surface area contributed by atoms with Crippen LogP contribution in [0.5, 0.6) is 11.5 Å². The molecule has 0 saturated heterocycles. The van der Waals surface area contributed by atoms with E-state index in [0.717, 1.165) is 0 Å². The molecule has 8 nitrogen and oxygen atoms in total. The summed E-state index contributed by atoms with van der Waals surface area (Å²) in [6, 6.07) is 8.26. The van der Waals surface area contributed by atoms with Gasteiger partial charge in [-0.05, 0) is 29.8 Å². The molecule has 2 aromatic rings. The molecule has 0 aliphatic carbocycles. The van der Waals surface area contributed by atoms with Gasteiger partial charge in [0.15, 0.2) is 6.10 Å². The van der Waals surface area contributed by atoms with Crippen molar-refractivity contribution in [1.82, 2.24) is 10.3 Å². The molecule has 1 aliphatic rings. The number of aliphatic hydroxyl groups excluding tert-OH is 1. The van der Waals surface area contributed by atoms with Crippen LogP contribution in [0.25, 0.3) is 0 Å². The predicted molar refractivity (Wildman–Crippen MR) is 93.3 cm³/mol. The molecule has 2 heterocycles. The number of amides is 1. The van der Waals surface area contributed by atoms with Crippen molar-refractivity contribution in [3.8, 4) is 11.5 Å². The molecule has 0 radical (unpaired) electrons. The molecule has 2 N–H and O–H groups in total. The number of nitrogens with zero attached hydrogens (tertiary/aromatic N) is 2. The fourth-order valence-corrected chi connectivity index (χ4v) is 2.45. The summed E-state index contributed by atoms with van der Waals surface area (Å²) in [6.45, 7) is -0.0520. The molecule has 1 atom stereocenters. The lowest BCUT2D eigenvalue weighted by atomic mass is 10.1. The van der Waals surface area contributed by atoms with Gasteiger partial charge in [-0.15, -0.1) is 13.2 Å². The van der Waals surface area contributed by atoms with E-state index in [1.807, 2.05) is 0 Å². The quantitative estimate of drug-likeness (QED) is 0.758. The number of aromatic nitrogens is 1. The number of hydrogen-bond acceptors (Lipinski definition) is 7. The lowest BCUT2D eigenvalue weighted by Crippen LogP contribution is -2.27. The number of aliphatic hydroxyl groups is 1. The molecule has 0 fully saturated rings. The Morgan fingerprint density at radius 2 is 1.93 bits per heavy atom. The van der Waals surface area contributed by atoms with Crippen molar-refractivity contribution in [1.29, 1.82) is 0 Å². The van der Waals surface area contributed by atoms with Gasteiger partial charge in [0.1, 0.15) is 17.2 Å². The average molecular weight is 411 g/mol. The Morgan fingerprint density at radius 3 is 2.55 bits per heavy atom. The fourth-order valence-electron chi connectivity index (χ4n) is 2.45. The molecule has 0 spiro atoms. The van der Waals surface area contributed by atoms with Gasteiger partial charge in [-0.2, -0.15) is 0 Å². The minimum absolute atomic E-state index is 0.123. The van der Waals surface area contributed by atoms with E-state index in [-0.39, 0.29) is 36.9 Å².